The van der Waals surface area contributed by atoms with Crippen LogP contribution >= 0.6 is 23.2 Å². The first-order valence-electron chi connectivity index (χ1n) is 5.88. The molecule has 0 aliphatic rings. The Morgan fingerprint density at radius 3 is 2.61 bits per heavy atom. The predicted molar refractivity (Wildman–Crippen MR) is 76.1 cm³/mol. The highest BCUT2D eigenvalue weighted by Crippen LogP contribution is 2.22. The standard InChI is InChI=1S/C13H18Cl2N2O/c1-4-17(3)13(18)9(2)16-8-10-5-6-11(14)12(15)7-10/h5-7,9,16H,4,8H2,1-3H3. The number of benzene rings is 1. The van der Waals surface area contributed by atoms with Gasteiger partial charge in [-0.15, -0.1) is 0 Å². The molecule has 3 nitrogen and oxygen atoms in total. The average molecular weight is 289 g/mol. The molecule has 1 aromatic carbocycles. The Hall–Kier alpha value is -0.770. The van der Waals surface area contributed by atoms with Crippen molar-refractivity contribution < 1.29 is 4.79 Å². The highest BCUT2D eigenvalue weighted by Gasteiger charge is 2.15. The van der Waals surface area contributed by atoms with Gasteiger partial charge in [0.25, 0.3) is 0 Å². The van der Waals surface area contributed by atoms with Crippen molar-refractivity contribution in [1.82, 2.24) is 10.2 Å². The molecule has 0 heterocycles. The molecular weight excluding hydrogens is 271 g/mol. The van der Waals surface area contributed by atoms with Gasteiger partial charge in [-0.05, 0) is 31.5 Å². The van der Waals surface area contributed by atoms with Crippen LogP contribution in [0.1, 0.15) is 19.4 Å². The molecular formula is C13H18Cl2N2O. The van der Waals surface area contributed by atoms with E-state index in [1.54, 1.807) is 24.1 Å². The third-order valence-electron chi connectivity index (χ3n) is 2.82. The molecule has 0 bridgehead atoms. The number of halogens is 2. The maximum absolute atomic E-state index is 11.8. The van der Waals surface area contributed by atoms with Gasteiger partial charge in [-0.25, -0.2) is 0 Å². The van der Waals surface area contributed by atoms with Gasteiger partial charge in [0.05, 0.1) is 16.1 Å². The van der Waals surface area contributed by atoms with E-state index in [1.165, 1.54) is 0 Å². The number of hydrogen-bond donors (Lipinski definition) is 1. The summed E-state index contributed by atoms with van der Waals surface area (Å²) in [5.74, 6) is 0.0811. The highest BCUT2D eigenvalue weighted by atomic mass is 35.5. The van der Waals surface area contributed by atoms with Crippen LogP contribution in [0.2, 0.25) is 10.0 Å². The van der Waals surface area contributed by atoms with Crippen LogP contribution in [0.15, 0.2) is 18.2 Å². The minimum atomic E-state index is -0.218. The summed E-state index contributed by atoms with van der Waals surface area (Å²) in [7, 11) is 1.79. The van der Waals surface area contributed by atoms with Crippen LogP contribution in [0.5, 0.6) is 0 Å². The van der Waals surface area contributed by atoms with Crippen molar-refractivity contribution in [2.75, 3.05) is 13.6 Å². The number of likely N-dealkylation sites (N-methyl/N-ethyl adjacent to an activating group) is 1. The fraction of sp³-hybridized carbons (Fsp3) is 0.462. The lowest BCUT2D eigenvalue weighted by molar-refractivity contribution is -0.131. The van der Waals surface area contributed by atoms with Gasteiger partial charge in [-0.3, -0.25) is 4.79 Å². The molecule has 0 aliphatic carbocycles. The molecule has 0 saturated heterocycles. The summed E-state index contributed by atoms with van der Waals surface area (Å²) in [6, 6.07) is 5.23. The van der Waals surface area contributed by atoms with Crippen molar-refractivity contribution >= 4 is 29.1 Å². The van der Waals surface area contributed by atoms with Gasteiger partial charge < -0.3 is 10.2 Å². The Labute approximate surface area is 118 Å². The number of rotatable bonds is 5. The number of amides is 1. The summed E-state index contributed by atoms with van der Waals surface area (Å²) in [4.78, 5) is 13.5. The summed E-state index contributed by atoms with van der Waals surface area (Å²) in [6.45, 7) is 5.09. The molecule has 0 radical (unpaired) electrons. The maximum atomic E-state index is 11.8. The van der Waals surface area contributed by atoms with Gasteiger partial charge in [-0.1, -0.05) is 29.3 Å². The SMILES string of the molecule is CCN(C)C(=O)C(C)NCc1ccc(Cl)c(Cl)c1. The van der Waals surface area contributed by atoms with Crippen molar-refractivity contribution in [3.05, 3.63) is 33.8 Å². The third kappa shape index (κ3) is 4.16. The number of hydrogen-bond acceptors (Lipinski definition) is 2. The third-order valence-corrected chi connectivity index (χ3v) is 3.56. The van der Waals surface area contributed by atoms with Gasteiger partial charge in [0.2, 0.25) is 5.91 Å². The normalized spacial score (nSPS) is 12.3. The number of carbonyl (C=O) groups is 1. The molecule has 100 valence electrons. The lowest BCUT2D eigenvalue weighted by atomic mass is 10.2. The Bertz CT molecular complexity index is 423. The Morgan fingerprint density at radius 2 is 2.06 bits per heavy atom. The van der Waals surface area contributed by atoms with Crippen LogP contribution in [0, 0.1) is 0 Å². The second-order valence-electron chi connectivity index (χ2n) is 4.20. The van der Waals surface area contributed by atoms with Crippen LogP contribution in [0.25, 0.3) is 0 Å². The minimum Gasteiger partial charge on any atom is -0.345 e. The first-order chi connectivity index (χ1) is 8.45. The van der Waals surface area contributed by atoms with Gasteiger partial charge in [0.1, 0.15) is 0 Å². The molecule has 0 saturated carbocycles. The average Bonchev–Trinajstić information content (AvgIpc) is 2.37. The van der Waals surface area contributed by atoms with Crippen LogP contribution in [-0.2, 0) is 11.3 Å². The number of nitrogens with one attached hydrogen (secondary N) is 1. The molecule has 0 spiro atoms. The van der Waals surface area contributed by atoms with Crippen molar-refractivity contribution in [1.29, 1.82) is 0 Å². The van der Waals surface area contributed by atoms with E-state index >= 15 is 0 Å². The Morgan fingerprint density at radius 1 is 1.39 bits per heavy atom. The van der Waals surface area contributed by atoms with E-state index in [4.69, 9.17) is 23.2 Å². The monoisotopic (exact) mass is 288 g/mol. The zero-order valence-electron chi connectivity index (χ0n) is 10.8. The van der Waals surface area contributed by atoms with E-state index in [2.05, 4.69) is 5.32 Å². The largest absolute Gasteiger partial charge is 0.345 e. The zero-order chi connectivity index (χ0) is 13.7. The molecule has 0 fully saturated rings. The predicted octanol–water partition coefficient (Wildman–Crippen LogP) is 2.95. The van der Waals surface area contributed by atoms with E-state index < -0.39 is 0 Å². The molecule has 5 heteroatoms. The lowest BCUT2D eigenvalue weighted by Gasteiger charge is -2.20. The molecule has 1 unspecified atom stereocenters. The lowest BCUT2D eigenvalue weighted by Crippen LogP contribution is -2.42. The van der Waals surface area contributed by atoms with Crippen molar-refractivity contribution in [2.45, 2.75) is 26.4 Å². The maximum Gasteiger partial charge on any atom is 0.239 e. The molecule has 1 amide bonds. The molecule has 0 aliphatic heterocycles. The topological polar surface area (TPSA) is 32.3 Å². The van der Waals surface area contributed by atoms with Gasteiger partial charge >= 0.3 is 0 Å². The van der Waals surface area contributed by atoms with Gasteiger partial charge in [-0.2, -0.15) is 0 Å². The van der Waals surface area contributed by atoms with Crippen LogP contribution in [0.4, 0.5) is 0 Å². The molecule has 1 N–H and O–H groups in total. The first-order valence-corrected chi connectivity index (χ1v) is 6.63. The van der Waals surface area contributed by atoms with Crippen LogP contribution in [-0.4, -0.2) is 30.4 Å². The van der Waals surface area contributed by atoms with E-state index in [9.17, 15) is 4.79 Å². The molecule has 1 atom stereocenters. The minimum absolute atomic E-state index is 0.0811. The number of nitrogens with zero attached hydrogens (tertiary/aromatic N) is 1. The fourth-order valence-electron chi connectivity index (χ4n) is 1.49. The van der Waals surface area contributed by atoms with E-state index in [0.29, 0.717) is 23.1 Å². The smallest absolute Gasteiger partial charge is 0.239 e. The Balaban J connectivity index is 2.54. The summed E-state index contributed by atoms with van der Waals surface area (Å²) in [6.07, 6.45) is 0. The van der Waals surface area contributed by atoms with Crippen molar-refractivity contribution in [3.8, 4) is 0 Å². The summed E-state index contributed by atoms with van der Waals surface area (Å²) in [5, 5.41) is 4.23. The van der Waals surface area contributed by atoms with E-state index in [1.807, 2.05) is 19.9 Å². The number of carbonyl (C=O) groups excluding carboxylic acids is 1. The second kappa shape index (κ2) is 6.98. The second-order valence-corrected chi connectivity index (χ2v) is 5.02. The summed E-state index contributed by atoms with van der Waals surface area (Å²) < 4.78 is 0. The van der Waals surface area contributed by atoms with Crippen molar-refractivity contribution in [2.24, 2.45) is 0 Å². The van der Waals surface area contributed by atoms with Crippen LogP contribution in [0.3, 0.4) is 0 Å². The van der Waals surface area contributed by atoms with Gasteiger partial charge in [0.15, 0.2) is 0 Å². The molecule has 1 rings (SSSR count). The first kappa shape index (κ1) is 15.3. The van der Waals surface area contributed by atoms with Crippen LogP contribution < -0.4 is 5.32 Å². The van der Waals surface area contributed by atoms with Gasteiger partial charge in [0, 0.05) is 20.1 Å². The Kier molecular flexibility index (Phi) is 5.93. The van der Waals surface area contributed by atoms with E-state index in [-0.39, 0.29) is 11.9 Å². The summed E-state index contributed by atoms with van der Waals surface area (Å²) >= 11 is 11.8. The molecule has 18 heavy (non-hydrogen) atoms. The van der Waals surface area contributed by atoms with E-state index in [0.717, 1.165) is 5.56 Å². The highest BCUT2D eigenvalue weighted by molar-refractivity contribution is 6.42. The molecule has 0 aromatic heterocycles. The summed E-state index contributed by atoms with van der Waals surface area (Å²) in [5.41, 5.74) is 1.00. The van der Waals surface area contributed by atoms with Crippen molar-refractivity contribution in [3.63, 3.8) is 0 Å². The molecule has 1 aromatic rings. The quantitative estimate of drug-likeness (QED) is 0.904. The fourth-order valence-corrected chi connectivity index (χ4v) is 1.81. The zero-order valence-corrected chi connectivity index (χ0v) is 12.3.